The zero-order valence-corrected chi connectivity index (χ0v) is 27.3. The van der Waals surface area contributed by atoms with Crippen LogP contribution in [-0.2, 0) is 16.0 Å². The first-order chi connectivity index (χ1) is 22.2. The fourth-order valence-electron chi connectivity index (χ4n) is 9.35. The number of piperidine rings is 1. The first-order valence-electron chi connectivity index (χ1n) is 17.5. The monoisotopic (exact) mass is 631 g/mol. The van der Waals surface area contributed by atoms with Crippen molar-refractivity contribution in [2.75, 3.05) is 48.3 Å². The second kappa shape index (κ2) is 12.9. The molecule has 2 aromatic rings. The molecule has 46 heavy (non-hydrogen) atoms. The van der Waals surface area contributed by atoms with Gasteiger partial charge < -0.3 is 30.7 Å². The molecule has 0 radical (unpaired) electrons. The van der Waals surface area contributed by atoms with Crippen LogP contribution in [0.3, 0.4) is 0 Å². The molecule has 4 fully saturated rings. The van der Waals surface area contributed by atoms with Gasteiger partial charge in [-0.15, -0.1) is 0 Å². The smallest absolute Gasteiger partial charge is 0.407 e. The van der Waals surface area contributed by atoms with Crippen LogP contribution in [0.15, 0.2) is 12.1 Å². The minimum Gasteiger partial charge on any atom is -0.480 e. The highest BCUT2D eigenvalue weighted by atomic mass is 16.5. The summed E-state index contributed by atoms with van der Waals surface area (Å²) in [6, 6.07) is 3.27. The van der Waals surface area contributed by atoms with Gasteiger partial charge in [-0.25, -0.2) is 24.5 Å². The number of anilines is 3. The second-order valence-corrected chi connectivity index (χ2v) is 14.8. The minimum atomic E-state index is -1.15. The SMILES string of the molecule is Cc1nc(NC[C@H](NC(=O)OC[C@]23CCC[C@H]4C[C@@H](CC4C2)C3)C(=O)O)c(C)c(N2CCC(c3ccc4c(n3)NCCC4)CC2)n1. The lowest BCUT2D eigenvalue weighted by atomic mass is 9.68. The van der Waals surface area contributed by atoms with Crippen LogP contribution in [0.5, 0.6) is 0 Å². The summed E-state index contributed by atoms with van der Waals surface area (Å²) >= 11 is 0. The highest BCUT2D eigenvalue weighted by Gasteiger charge is 2.50. The number of rotatable bonds is 9. The second-order valence-electron chi connectivity index (χ2n) is 14.8. The van der Waals surface area contributed by atoms with Crippen LogP contribution in [0.4, 0.5) is 22.2 Å². The Morgan fingerprint density at radius 3 is 2.74 bits per heavy atom. The third kappa shape index (κ3) is 6.47. The average Bonchev–Trinajstić information content (AvgIpc) is 3.28. The number of hydrogen-bond acceptors (Lipinski definition) is 9. The van der Waals surface area contributed by atoms with Crippen molar-refractivity contribution in [1.29, 1.82) is 0 Å². The van der Waals surface area contributed by atoms with E-state index in [0.717, 1.165) is 105 Å². The molecule has 4 N–H and O–H groups in total. The zero-order chi connectivity index (χ0) is 31.8. The van der Waals surface area contributed by atoms with E-state index in [1.807, 2.05) is 13.8 Å². The van der Waals surface area contributed by atoms with Crippen LogP contribution in [0.1, 0.15) is 92.8 Å². The number of aryl methyl sites for hydroxylation is 2. The van der Waals surface area contributed by atoms with Gasteiger partial charge in [0.1, 0.15) is 29.3 Å². The maximum atomic E-state index is 12.9. The number of alkyl carbamates (subject to hydrolysis) is 1. The lowest BCUT2D eigenvalue weighted by molar-refractivity contribution is -0.139. The van der Waals surface area contributed by atoms with Crippen LogP contribution >= 0.6 is 0 Å². The topological polar surface area (TPSA) is 142 Å². The summed E-state index contributed by atoms with van der Waals surface area (Å²) in [7, 11) is 0. The van der Waals surface area contributed by atoms with Crippen molar-refractivity contribution in [2.45, 2.75) is 96.4 Å². The Bertz CT molecular complexity index is 1460. The van der Waals surface area contributed by atoms with Crippen LogP contribution in [0, 0.1) is 37.0 Å². The molecule has 248 valence electrons. The highest BCUT2D eigenvalue weighted by molar-refractivity contribution is 5.80. The summed E-state index contributed by atoms with van der Waals surface area (Å²) in [5, 5.41) is 19.2. The molecule has 11 nitrogen and oxygen atoms in total. The molecule has 5 atom stereocenters. The van der Waals surface area contributed by atoms with Gasteiger partial charge in [0.05, 0.1) is 6.61 Å². The number of nitrogens with zero attached hydrogens (tertiary/aromatic N) is 4. The van der Waals surface area contributed by atoms with Crippen molar-refractivity contribution in [3.63, 3.8) is 0 Å². The molecule has 2 aromatic heterocycles. The maximum absolute atomic E-state index is 12.9. The molecular weight excluding hydrogens is 582 g/mol. The molecule has 0 aromatic carbocycles. The summed E-state index contributed by atoms with van der Waals surface area (Å²) < 4.78 is 5.74. The molecule has 5 aliphatic rings. The number of nitrogens with one attached hydrogen (secondary N) is 3. The molecule has 7 rings (SSSR count). The number of pyridine rings is 1. The van der Waals surface area contributed by atoms with Crippen LogP contribution in [0.25, 0.3) is 0 Å². The lowest BCUT2D eigenvalue weighted by Gasteiger charge is -2.39. The highest BCUT2D eigenvalue weighted by Crippen LogP contribution is 2.58. The standard InChI is InChI=1S/C35H49N7O4/c1-21-30(37-19-29(33(43)44)41-34(45)46-20-35-11-3-5-26-15-23(17-35)16-27(26)18-35)38-22(2)39-32(21)42-13-9-24(10-14-42)28-8-7-25-6-4-12-36-31(25)40-28/h7-8,23-24,26-27,29H,3-6,9-20H2,1-2H3,(H,36,40)(H,41,45)(H,43,44)(H,37,38,39)/t23-,26-,27?,29-,35-/m0/s1. The quantitative estimate of drug-likeness (QED) is 0.283. The molecule has 1 amide bonds. The van der Waals surface area contributed by atoms with Gasteiger partial charge in [-0.3, -0.25) is 0 Å². The van der Waals surface area contributed by atoms with E-state index in [4.69, 9.17) is 14.7 Å². The van der Waals surface area contributed by atoms with Gasteiger partial charge in [0.25, 0.3) is 0 Å². The molecule has 4 heterocycles. The number of carbonyl (C=O) groups excluding carboxylic acids is 1. The molecule has 11 heteroatoms. The van der Waals surface area contributed by atoms with Gasteiger partial charge in [0.15, 0.2) is 0 Å². The average molecular weight is 632 g/mol. The van der Waals surface area contributed by atoms with Crippen molar-refractivity contribution in [3.05, 3.63) is 34.8 Å². The number of ether oxygens (including phenoxy) is 1. The Balaban J connectivity index is 0.944. The Hall–Kier alpha value is -3.63. The van der Waals surface area contributed by atoms with Gasteiger partial charge in [0, 0.05) is 48.8 Å². The van der Waals surface area contributed by atoms with Crippen molar-refractivity contribution < 1.29 is 19.4 Å². The van der Waals surface area contributed by atoms with Gasteiger partial charge in [0.2, 0.25) is 0 Å². The number of amides is 1. The lowest BCUT2D eigenvalue weighted by Crippen LogP contribution is -2.46. The van der Waals surface area contributed by atoms with Gasteiger partial charge in [-0.05, 0) is 101 Å². The molecular formula is C35H49N7O4. The van der Waals surface area contributed by atoms with E-state index >= 15 is 0 Å². The molecule has 3 aliphatic carbocycles. The Labute approximate surface area is 271 Å². The zero-order valence-electron chi connectivity index (χ0n) is 27.3. The molecule has 3 saturated carbocycles. The van der Waals surface area contributed by atoms with Crippen molar-refractivity contribution in [2.24, 2.45) is 23.2 Å². The number of hydrogen-bond donors (Lipinski definition) is 4. The third-order valence-electron chi connectivity index (χ3n) is 11.6. The minimum absolute atomic E-state index is 0.0156. The van der Waals surface area contributed by atoms with Crippen LogP contribution < -0.4 is 20.9 Å². The van der Waals surface area contributed by atoms with E-state index in [1.54, 1.807) is 0 Å². The van der Waals surface area contributed by atoms with Gasteiger partial charge in [-0.1, -0.05) is 18.9 Å². The fraction of sp³-hybridized carbons (Fsp3) is 0.686. The summed E-state index contributed by atoms with van der Waals surface area (Å²) in [6.45, 7) is 6.86. The van der Waals surface area contributed by atoms with Crippen molar-refractivity contribution >= 4 is 29.5 Å². The van der Waals surface area contributed by atoms with E-state index in [0.29, 0.717) is 24.2 Å². The predicted molar refractivity (Wildman–Crippen MR) is 176 cm³/mol. The van der Waals surface area contributed by atoms with E-state index < -0.39 is 18.1 Å². The van der Waals surface area contributed by atoms with E-state index in [2.05, 4.69) is 38.0 Å². The first kappa shape index (κ1) is 31.0. The van der Waals surface area contributed by atoms with Crippen LogP contribution in [0.2, 0.25) is 0 Å². The fourth-order valence-corrected chi connectivity index (χ4v) is 9.35. The van der Waals surface area contributed by atoms with Gasteiger partial charge in [-0.2, -0.15) is 0 Å². The Morgan fingerprint density at radius 2 is 1.91 bits per heavy atom. The molecule has 0 spiro atoms. The van der Waals surface area contributed by atoms with Crippen molar-refractivity contribution in [3.8, 4) is 0 Å². The van der Waals surface area contributed by atoms with Crippen LogP contribution in [-0.4, -0.2) is 70.9 Å². The van der Waals surface area contributed by atoms with E-state index in [9.17, 15) is 14.7 Å². The Kier molecular flexibility index (Phi) is 8.67. The number of carboxylic acid groups (broad SMARTS) is 1. The number of carbonyl (C=O) groups is 2. The number of carboxylic acids is 1. The molecule has 3 bridgehead atoms. The number of aliphatic carboxylic acids is 1. The van der Waals surface area contributed by atoms with E-state index in [1.165, 1.54) is 31.2 Å². The number of fused-ring (bicyclic) bond motifs is 3. The summed E-state index contributed by atoms with van der Waals surface area (Å²) in [5.74, 6) is 4.75. The first-order valence-corrected chi connectivity index (χ1v) is 17.5. The maximum Gasteiger partial charge on any atom is 0.407 e. The molecule has 1 unspecified atom stereocenters. The Morgan fingerprint density at radius 1 is 1.09 bits per heavy atom. The van der Waals surface area contributed by atoms with Gasteiger partial charge >= 0.3 is 12.1 Å². The third-order valence-corrected chi connectivity index (χ3v) is 11.6. The largest absolute Gasteiger partial charge is 0.480 e. The molecule has 2 aliphatic heterocycles. The predicted octanol–water partition coefficient (Wildman–Crippen LogP) is 5.43. The van der Waals surface area contributed by atoms with Crippen molar-refractivity contribution in [1.82, 2.24) is 20.3 Å². The normalized spacial score (nSPS) is 27.7. The number of aromatic nitrogens is 3. The summed E-state index contributed by atoms with van der Waals surface area (Å²) in [4.78, 5) is 41.6. The van der Waals surface area contributed by atoms with E-state index in [-0.39, 0.29) is 12.0 Å². The summed E-state index contributed by atoms with van der Waals surface area (Å²) in [6.07, 6.45) is 12.1. The molecule has 1 saturated heterocycles. The summed E-state index contributed by atoms with van der Waals surface area (Å²) in [5.41, 5.74) is 3.39.